The van der Waals surface area contributed by atoms with Gasteiger partial charge >= 0.3 is 24.4 Å². The summed E-state index contributed by atoms with van der Waals surface area (Å²) in [7, 11) is 0. The second kappa shape index (κ2) is 6.69. The van der Waals surface area contributed by atoms with Gasteiger partial charge in [0.05, 0.1) is 16.8 Å². The molecular weight excluding hydrogens is 359 g/mol. The van der Waals surface area contributed by atoms with Gasteiger partial charge in [0.1, 0.15) is 0 Å². The number of hydrogen-bond donors (Lipinski definition) is 1. The van der Waals surface area contributed by atoms with Crippen LogP contribution < -0.4 is 9.64 Å². The topological polar surface area (TPSA) is 92.9 Å². The van der Waals surface area contributed by atoms with E-state index in [9.17, 15) is 36.9 Å². The number of rotatable bonds is 5. The van der Waals surface area contributed by atoms with Gasteiger partial charge in [-0.3, -0.25) is 14.9 Å². The predicted molar refractivity (Wildman–Crippen MR) is 72.6 cm³/mol. The molecule has 1 N–H and O–H groups in total. The van der Waals surface area contributed by atoms with E-state index in [0.29, 0.717) is 0 Å². The lowest BCUT2D eigenvalue weighted by Crippen LogP contribution is -2.33. The second-order valence-corrected chi connectivity index (χ2v) is 5.29. The largest absolute Gasteiger partial charge is 0.481 e. The lowest BCUT2D eigenvalue weighted by atomic mass is 9.96. The number of aliphatic carboxylic acids is 1. The molecule has 0 unspecified atom stereocenters. The molecule has 0 saturated carbocycles. The summed E-state index contributed by atoms with van der Waals surface area (Å²) < 4.78 is 67.7. The van der Waals surface area contributed by atoms with E-state index in [4.69, 9.17) is 5.11 Å². The molecule has 1 aromatic carbocycles. The van der Waals surface area contributed by atoms with E-state index in [1.807, 2.05) is 0 Å². The first-order valence-electron chi connectivity index (χ1n) is 6.78. The minimum absolute atomic E-state index is 0.0840. The summed E-state index contributed by atoms with van der Waals surface area (Å²) in [5.41, 5.74) is -0.871. The molecule has 0 aliphatic carbocycles. The van der Waals surface area contributed by atoms with Crippen LogP contribution in [0.15, 0.2) is 18.2 Å². The fourth-order valence-electron chi connectivity index (χ4n) is 2.64. The zero-order chi connectivity index (χ0) is 18.9. The van der Waals surface area contributed by atoms with E-state index in [0.717, 1.165) is 23.1 Å². The summed E-state index contributed by atoms with van der Waals surface area (Å²) >= 11 is 0. The van der Waals surface area contributed by atoms with Crippen molar-refractivity contribution in [3.8, 4) is 5.75 Å². The number of nitrogens with zero attached hydrogens (tertiary/aromatic N) is 2. The number of ether oxygens (including phenoxy) is 1. The highest BCUT2D eigenvalue weighted by atomic mass is 19.4. The third kappa shape index (κ3) is 4.06. The van der Waals surface area contributed by atoms with E-state index in [2.05, 4.69) is 4.74 Å². The van der Waals surface area contributed by atoms with Crippen LogP contribution in [-0.4, -0.2) is 41.9 Å². The smallest absolute Gasteiger partial charge is 0.394 e. The number of carboxylic acid groups (broad SMARTS) is 1. The van der Waals surface area contributed by atoms with Gasteiger partial charge in [-0.1, -0.05) is 0 Å². The molecular formula is C13H11F5N2O5. The van der Waals surface area contributed by atoms with Crippen LogP contribution in [-0.2, 0) is 4.79 Å². The van der Waals surface area contributed by atoms with E-state index in [1.165, 1.54) is 0 Å². The Morgan fingerprint density at radius 1 is 1.36 bits per heavy atom. The Labute approximate surface area is 136 Å². The van der Waals surface area contributed by atoms with Crippen molar-refractivity contribution in [2.24, 2.45) is 11.8 Å². The number of halogens is 5. The van der Waals surface area contributed by atoms with Crippen LogP contribution in [0.3, 0.4) is 0 Å². The van der Waals surface area contributed by atoms with Crippen molar-refractivity contribution < 1.29 is 41.5 Å². The number of hydrogen-bond acceptors (Lipinski definition) is 5. The van der Waals surface area contributed by atoms with Gasteiger partial charge in [0.25, 0.3) is 0 Å². The highest BCUT2D eigenvalue weighted by Crippen LogP contribution is 2.41. The zero-order valence-corrected chi connectivity index (χ0v) is 12.2. The Morgan fingerprint density at radius 2 is 2.00 bits per heavy atom. The van der Waals surface area contributed by atoms with Crippen LogP contribution in [0.1, 0.15) is 0 Å². The number of nitro benzene ring substituents is 1. The van der Waals surface area contributed by atoms with Crippen molar-refractivity contribution in [2.45, 2.75) is 12.8 Å². The average Bonchev–Trinajstić information content (AvgIpc) is 2.91. The van der Waals surface area contributed by atoms with Gasteiger partial charge in [-0.05, 0) is 6.07 Å². The molecule has 0 bridgehead atoms. The summed E-state index contributed by atoms with van der Waals surface area (Å²) in [6.07, 6.45) is -4.76. The number of benzene rings is 1. The lowest BCUT2D eigenvalue weighted by Gasteiger charge is -2.20. The van der Waals surface area contributed by atoms with Crippen molar-refractivity contribution in [1.29, 1.82) is 0 Å². The molecule has 1 fully saturated rings. The highest BCUT2D eigenvalue weighted by molar-refractivity contribution is 5.73. The Bertz CT molecular complexity index is 681. The predicted octanol–water partition coefficient (Wildman–Crippen LogP) is 2.90. The molecule has 2 rings (SSSR count). The molecule has 0 aromatic heterocycles. The van der Waals surface area contributed by atoms with Gasteiger partial charge < -0.3 is 14.7 Å². The van der Waals surface area contributed by atoms with Gasteiger partial charge in [0.2, 0.25) is 5.75 Å². The van der Waals surface area contributed by atoms with Gasteiger partial charge in [0.15, 0.2) is 0 Å². The molecule has 0 amide bonds. The minimum atomic E-state index is -4.76. The third-order valence-electron chi connectivity index (χ3n) is 3.78. The molecule has 1 aromatic rings. The lowest BCUT2D eigenvalue weighted by molar-refractivity contribution is -0.386. The fraction of sp³-hybridized carbons (Fsp3) is 0.462. The Kier molecular flexibility index (Phi) is 4.99. The third-order valence-corrected chi connectivity index (χ3v) is 3.78. The van der Waals surface area contributed by atoms with E-state index < -0.39 is 60.0 Å². The molecule has 1 heterocycles. The molecule has 7 nitrogen and oxygen atoms in total. The van der Waals surface area contributed by atoms with Crippen molar-refractivity contribution in [3.63, 3.8) is 0 Å². The van der Waals surface area contributed by atoms with Crippen LogP contribution in [0.25, 0.3) is 0 Å². The Hall–Kier alpha value is -2.66. The maximum Gasteiger partial charge on any atom is 0.394 e. The van der Waals surface area contributed by atoms with Crippen molar-refractivity contribution in [2.75, 3.05) is 18.0 Å². The van der Waals surface area contributed by atoms with Crippen molar-refractivity contribution >= 4 is 17.3 Å². The molecule has 1 saturated heterocycles. The van der Waals surface area contributed by atoms with Gasteiger partial charge in [-0.25, -0.2) is 0 Å². The zero-order valence-electron chi connectivity index (χ0n) is 12.2. The number of carbonyl (C=O) groups is 1. The number of alkyl halides is 5. The van der Waals surface area contributed by atoms with Crippen LogP contribution in [0.2, 0.25) is 0 Å². The van der Waals surface area contributed by atoms with Crippen molar-refractivity contribution in [3.05, 3.63) is 28.3 Å². The maximum absolute atomic E-state index is 13.0. The van der Waals surface area contributed by atoms with Crippen molar-refractivity contribution in [1.82, 2.24) is 0 Å². The Balaban J connectivity index is 2.35. The van der Waals surface area contributed by atoms with Crippen LogP contribution >= 0.6 is 0 Å². The highest BCUT2D eigenvalue weighted by Gasteiger charge is 2.52. The normalized spacial score (nSPS) is 20.8. The first-order chi connectivity index (χ1) is 11.5. The molecule has 1 aliphatic rings. The SMILES string of the molecule is O=C(O)[C@@H]1CN(c2ccc([N+](=O)[O-])c(OC(F)F)c2)C[C@H]1C(F)(F)F. The van der Waals surface area contributed by atoms with Crippen LogP contribution in [0, 0.1) is 22.0 Å². The van der Waals surface area contributed by atoms with Crippen LogP contribution in [0.4, 0.5) is 33.3 Å². The summed E-state index contributed by atoms with van der Waals surface area (Å²) in [5.74, 6) is -6.36. The fourth-order valence-corrected chi connectivity index (χ4v) is 2.64. The monoisotopic (exact) mass is 370 g/mol. The number of nitro groups is 1. The van der Waals surface area contributed by atoms with Gasteiger partial charge in [0, 0.05) is 30.9 Å². The van der Waals surface area contributed by atoms with Gasteiger partial charge in [-0.15, -0.1) is 0 Å². The summed E-state index contributed by atoms with van der Waals surface area (Å²) in [6, 6.07) is 2.65. The second-order valence-electron chi connectivity index (χ2n) is 5.29. The standard InChI is InChI=1S/C13H11F5N2O5/c14-12(15)25-10-3-6(1-2-9(10)20(23)24)19-4-7(11(21)22)8(5-19)13(16,17)18/h1-3,7-8,12H,4-5H2,(H,21,22)/t7-,8-/m1/s1. The molecule has 12 heteroatoms. The summed E-state index contributed by atoms with van der Waals surface area (Å²) in [5, 5.41) is 19.8. The summed E-state index contributed by atoms with van der Waals surface area (Å²) in [4.78, 5) is 21.9. The van der Waals surface area contributed by atoms with Crippen LogP contribution in [0.5, 0.6) is 5.75 Å². The molecule has 25 heavy (non-hydrogen) atoms. The first kappa shape index (κ1) is 18.7. The number of carboxylic acids is 1. The molecule has 138 valence electrons. The first-order valence-corrected chi connectivity index (χ1v) is 6.78. The molecule has 0 spiro atoms. The number of anilines is 1. The molecule has 1 aliphatic heterocycles. The molecule has 2 atom stereocenters. The minimum Gasteiger partial charge on any atom is -0.481 e. The quantitative estimate of drug-likeness (QED) is 0.487. The Morgan fingerprint density at radius 3 is 2.44 bits per heavy atom. The maximum atomic E-state index is 13.0. The average molecular weight is 370 g/mol. The van der Waals surface area contributed by atoms with E-state index in [1.54, 1.807) is 0 Å². The van der Waals surface area contributed by atoms with Gasteiger partial charge in [-0.2, -0.15) is 22.0 Å². The molecule has 0 radical (unpaired) electrons. The van der Waals surface area contributed by atoms with E-state index >= 15 is 0 Å². The summed E-state index contributed by atoms with van der Waals surface area (Å²) in [6.45, 7) is -4.61. The van der Waals surface area contributed by atoms with E-state index in [-0.39, 0.29) is 5.69 Å².